The molecule has 0 N–H and O–H groups in total. The van der Waals surface area contributed by atoms with Crippen molar-refractivity contribution in [2.24, 2.45) is 0 Å². The molecule has 0 radical (unpaired) electrons. The highest BCUT2D eigenvalue weighted by molar-refractivity contribution is 8.00. The van der Waals surface area contributed by atoms with E-state index in [0.717, 1.165) is 11.8 Å². The molecule has 0 unspecified atom stereocenters. The van der Waals surface area contributed by atoms with Gasteiger partial charge < -0.3 is 9.47 Å². The SMILES string of the molecule is COC(=O)Cn1c(S[C@@H]2CCOC2=O)nc2ccccc2c1=O. The maximum Gasteiger partial charge on any atom is 0.325 e. The first-order valence-electron chi connectivity index (χ1n) is 7.00. The number of carbonyl (C=O) groups excluding carboxylic acids is 2. The molecule has 0 amide bonds. The minimum atomic E-state index is -0.556. The van der Waals surface area contributed by atoms with Crippen LogP contribution in [0, 0.1) is 0 Å². The minimum Gasteiger partial charge on any atom is -0.468 e. The lowest BCUT2D eigenvalue weighted by molar-refractivity contribution is -0.141. The third-order valence-electron chi connectivity index (χ3n) is 3.48. The molecule has 1 saturated heterocycles. The average molecular weight is 334 g/mol. The first-order valence-corrected chi connectivity index (χ1v) is 7.88. The standard InChI is InChI=1S/C15H14N2O5S/c1-21-12(18)8-17-13(19)9-4-2-3-5-10(9)16-15(17)23-11-6-7-22-14(11)20/h2-5,11H,6-8H2,1H3/t11-/m1/s1. The van der Waals surface area contributed by atoms with Crippen molar-refractivity contribution in [2.75, 3.05) is 13.7 Å². The summed E-state index contributed by atoms with van der Waals surface area (Å²) in [6.45, 7) is 0.0998. The van der Waals surface area contributed by atoms with Gasteiger partial charge in [-0.25, -0.2) is 4.98 Å². The summed E-state index contributed by atoms with van der Waals surface area (Å²) in [7, 11) is 1.25. The number of aromatic nitrogens is 2. The van der Waals surface area contributed by atoms with Gasteiger partial charge in [0, 0.05) is 6.42 Å². The lowest BCUT2D eigenvalue weighted by atomic mass is 10.2. The van der Waals surface area contributed by atoms with Crippen LogP contribution in [0.5, 0.6) is 0 Å². The van der Waals surface area contributed by atoms with Crippen LogP contribution < -0.4 is 5.56 Å². The van der Waals surface area contributed by atoms with Crippen LogP contribution >= 0.6 is 11.8 Å². The van der Waals surface area contributed by atoms with Crippen molar-refractivity contribution in [1.29, 1.82) is 0 Å². The van der Waals surface area contributed by atoms with Crippen LogP contribution in [-0.4, -0.2) is 40.5 Å². The number of thioether (sulfide) groups is 1. The Bertz CT molecular complexity index is 832. The van der Waals surface area contributed by atoms with E-state index < -0.39 is 11.2 Å². The molecule has 1 aromatic carbocycles. The summed E-state index contributed by atoms with van der Waals surface area (Å²) in [5.74, 6) is -0.887. The Morgan fingerprint density at radius 3 is 2.91 bits per heavy atom. The summed E-state index contributed by atoms with van der Waals surface area (Å²) >= 11 is 1.14. The molecule has 7 nitrogen and oxygen atoms in total. The molecule has 1 aromatic heterocycles. The number of esters is 2. The minimum absolute atomic E-state index is 0.253. The maximum absolute atomic E-state index is 12.6. The fourth-order valence-corrected chi connectivity index (χ4v) is 3.34. The average Bonchev–Trinajstić information content (AvgIpc) is 2.96. The van der Waals surface area contributed by atoms with Crippen molar-refractivity contribution in [3.63, 3.8) is 0 Å². The number of hydrogen-bond donors (Lipinski definition) is 0. The molecule has 3 rings (SSSR count). The fraction of sp³-hybridized carbons (Fsp3) is 0.333. The fourth-order valence-electron chi connectivity index (χ4n) is 2.28. The number of fused-ring (bicyclic) bond motifs is 1. The summed E-state index contributed by atoms with van der Waals surface area (Å²) in [4.78, 5) is 40.4. The highest BCUT2D eigenvalue weighted by Crippen LogP contribution is 2.28. The Morgan fingerprint density at radius 2 is 2.22 bits per heavy atom. The Balaban J connectivity index is 2.09. The van der Waals surface area contributed by atoms with Crippen LogP contribution in [0.25, 0.3) is 10.9 Å². The molecule has 1 aliphatic rings. The lowest BCUT2D eigenvalue weighted by Crippen LogP contribution is -2.28. The first kappa shape index (κ1) is 15.5. The van der Waals surface area contributed by atoms with Crippen molar-refractivity contribution in [2.45, 2.75) is 23.4 Å². The Morgan fingerprint density at radius 1 is 1.43 bits per heavy atom. The summed E-state index contributed by atoms with van der Waals surface area (Å²) in [5, 5.41) is 0.296. The normalized spacial score (nSPS) is 17.3. The van der Waals surface area contributed by atoms with Crippen LogP contribution in [-0.2, 0) is 25.6 Å². The topological polar surface area (TPSA) is 87.5 Å². The number of benzene rings is 1. The zero-order chi connectivity index (χ0) is 16.4. The maximum atomic E-state index is 12.6. The largest absolute Gasteiger partial charge is 0.468 e. The second-order valence-corrected chi connectivity index (χ2v) is 6.11. The predicted molar refractivity (Wildman–Crippen MR) is 83.2 cm³/mol. The number of hydrogen-bond acceptors (Lipinski definition) is 7. The van der Waals surface area contributed by atoms with E-state index in [4.69, 9.17) is 4.74 Å². The van der Waals surface area contributed by atoms with Crippen LogP contribution in [0.4, 0.5) is 0 Å². The number of methoxy groups -OCH3 is 1. The van der Waals surface area contributed by atoms with E-state index in [2.05, 4.69) is 9.72 Å². The smallest absolute Gasteiger partial charge is 0.325 e. The van der Waals surface area contributed by atoms with Gasteiger partial charge in [0.1, 0.15) is 11.8 Å². The molecule has 2 heterocycles. The molecule has 0 bridgehead atoms. The first-order chi connectivity index (χ1) is 11.1. The van der Waals surface area contributed by atoms with Gasteiger partial charge in [0.25, 0.3) is 5.56 Å². The number of para-hydroxylation sites is 1. The number of rotatable bonds is 4. The highest BCUT2D eigenvalue weighted by Gasteiger charge is 2.29. The molecular formula is C15H14N2O5S. The molecule has 0 spiro atoms. The molecule has 1 fully saturated rings. The summed E-state index contributed by atoms with van der Waals surface area (Å²) in [6.07, 6.45) is 0.546. The third kappa shape index (κ3) is 3.07. The monoisotopic (exact) mass is 334 g/mol. The van der Waals surface area contributed by atoms with E-state index in [1.165, 1.54) is 11.7 Å². The number of nitrogens with zero attached hydrogens (tertiary/aromatic N) is 2. The number of ether oxygens (including phenoxy) is 2. The van der Waals surface area contributed by atoms with Crippen molar-refractivity contribution >= 4 is 34.6 Å². The van der Waals surface area contributed by atoms with E-state index >= 15 is 0 Å². The lowest BCUT2D eigenvalue weighted by Gasteiger charge is -2.13. The summed E-state index contributed by atoms with van der Waals surface area (Å²) < 4.78 is 10.8. The summed E-state index contributed by atoms with van der Waals surface area (Å²) in [5.41, 5.74) is 0.183. The van der Waals surface area contributed by atoms with Crippen molar-refractivity contribution in [3.8, 4) is 0 Å². The molecule has 1 atom stereocenters. The molecule has 8 heteroatoms. The van der Waals surface area contributed by atoms with E-state index in [9.17, 15) is 14.4 Å². The number of carbonyl (C=O) groups is 2. The van der Waals surface area contributed by atoms with Crippen LogP contribution in [0.15, 0.2) is 34.2 Å². The van der Waals surface area contributed by atoms with Gasteiger partial charge in [0.15, 0.2) is 5.16 Å². The van der Waals surface area contributed by atoms with E-state index in [-0.39, 0.29) is 18.1 Å². The molecule has 120 valence electrons. The molecular weight excluding hydrogens is 320 g/mol. The zero-order valence-corrected chi connectivity index (χ0v) is 13.2. The van der Waals surface area contributed by atoms with Gasteiger partial charge in [-0.2, -0.15) is 0 Å². The molecule has 1 aliphatic heterocycles. The van der Waals surface area contributed by atoms with Crippen LogP contribution in [0.1, 0.15) is 6.42 Å². The predicted octanol–water partition coefficient (Wildman–Crippen LogP) is 0.977. The van der Waals surface area contributed by atoms with Gasteiger partial charge >= 0.3 is 11.9 Å². The quantitative estimate of drug-likeness (QED) is 0.608. The van der Waals surface area contributed by atoms with E-state index in [1.54, 1.807) is 24.3 Å². The molecule has 23 heavy (non-hydrogen) atoms. The second kappa shape index (κ2) is 6.41. The highest BCUT2D eigenvalue weighted by atomic mass is 32.2. The molecule has 0 aliphatic carbocycles. The van der Waals surface area contributed by atoms with E-state index in [1.807, 2.05) is 0 Å². The van der Waals surface area contributed by atoms with Crippen LogP contribution in [0.2, 0.25) is 0 Å². The second-order valence-electron chi connectivity index (χ2n) is 4.94. The Kier molecular flexibility index (Phi) is 4.33. The van der Waals surface area contributed by atoms with Gasteiger partial charge in [-0.3, -0.25) is 19.0 Å². The van der Waals surface area contributed by atoms with Gasteiger partial charge in [-0.1, -0.05) is 23.9 Å². The zero-order valence-electron chi connectivity index (χ0n) is 12.4. The third-order valence-corrected chi connectivity index (χ3v) is 4.71. The summed E-state index contributed by atoms with van der Waals surface area (Å²) in [6, 6.07) is 6.87. The Hall–Kier alpha value is -2.35. The van der Waals surface area contributed by atoms with Gasteiger partial charge in [0.2, 0.25) is 0 Å². The van der Waals surface area contributed by atoms with Crippen molar-refractivity contribution in [1.82, 2.24) is 9.55 Å². The Labute approximate surface area is 135 Å². The van der Waals surface area contributed by atoms with Gasteiger partial charge in [-0.05, 0) is 12.1 Å². The van der Waals surface area contributed by atoms with E-state index in [0.29, 0.717) is 29.1 Å². The van der Waals surface area contributed by atoms with Crippen molar-refractivity contribution in [3.05, 3.63) is 34.6 Å². The number of cyclic esters (lactones) is 1. The van der Waals surface area contributed by atoms with Gasteiger partial charge in [0.05, 0.1) is 24.6 Å². The van der Waals surface area contributed by atoms with Crippen LogP contribution in [0.3, 0.4) is 0 Å². The van der Waals surface area contributed by atoms with Gasteiger partial charge in [-0.15, -0.1) is 0 Å². The molecule has 0 saturated carbocycles. The molecule has 2 aromatic rings. The van der Waals surface area contributed by atoms with Crippen molar-refractivity contribution < 1.29 is 19.1 Å².